The largest absolute Gasteiger partial charge is 0.207 e. The Bertz CT molecular complexity index is 260. The molecule has 0 nitrogen and oxygen atoms in total. The average molecular weight is 201 g/mol. The molecule has 1 aromatic rings. The van der Waals surface area contributed by atoms with E-state index in [9.17, 15) is 4.39 Å². The van der Waals surface area contributed by atoms with Crippen LogP contribution in [0.5, 0.6) is 0 Å². The lowest BCUT2D eigenvalue weighted by Gasteiger charge is -2.09. The molecule has 1 aromatic carbocycles. The summed E-state index contributed by atoms with van der Waals surface area (Å²) in [4.78, 5) is 0. The van der Waals surface area contributed by atoms with Gasteiger partial charge in [0.2, 0.25) is 0 Å². The van der Waals surface area contributed by atoms with Gasteiger partial charge in [0.15, 0.2) is 0 Å². The number of rotatable bonds is 4. The van der Waals surface area contributed by atoms with Crippen molar-refractivity contribution in [2.24, 2.45) is 0 Å². The van der Waals surface area contributed by atoms with Crippen LogP contribution in [0.2, 0.25) is 0 Å². The molecule has 0 aromatic heterocycles. The van der Waals surface area contributed by atoms with E-state index in [1.165, 1.54) is 6.07 Å². The van der Waals surface area contributed by atoms with Crippen molar-refractivity contribution >= 4 is 11.6 Å². The van der Waals surface area contributed by atoms with Gasteiger partial charge in [0.25, 0.3) is 0 Å². The Morgan fingerprint density at radius 1 is 1.38 bits per heavy atom. The van der Waals surface area contributed by atoms with Gasteiger partial charge in [-0.2, -0.15) is 0 Å². The first kappa shape index (κ1) is 10.5. The van der Waals surface area contributed by atoms with Gasteiger partial charge in [-0.3, -0.25) is 0 Å². The molecule has 72 valence electrons. The fourth-order valence-corrected chi connectivity index (χ4v) is 1.60. The molecule has 0 N–H and O–H groups in total. The Morgan fingerprint density at radius 2 is 2.08 bits per heavy atom. The lowest BCUT2D eigenvalue weighted by atomic mass is 10.1. The zero-order valence-corrected chi connectivity index (χ0v) is 8.52. The molecule has 1 rings (SSSR count). The molecule has 0 radical (unpaired) electrons. The van der Waals surface area contributed by atoms with Crippen molar-refractivity contribution in [2.45, 2.75) is 31.6 Å². The van der Waals surface area contributed by atoms with Gasteiger partial charge in [0.1, 0.15) is 5.82 Å². The van der Waals surface area contributed by atoms with Gasteiger partial charge in [-0.25, -0.2) is 4.39 Å². The molecule has 0 aliphatic rings. The minimum absolute atomic E-state index is 0.179. The predicted octanol–water partition coefficient (Wildman–Crippen LogP) is 4.30. The third-order valence-corrected chi connectivity index (χ3v) is 2.51. The predicted molar refractivity (Wildman–Crippen MR) is 54.5 cm³/mol. The van der Waals surface area contributed by atoms with E-state index in [0.717, 1.165) is 19.3 Å². The van der Waals surface area contributed by atoms with E-state index >= 15 is 0 Å². The Balaban J connectivity index is 2.65. The molecule has 0 saturated heterocycles. The maximum atomic E-state index is 13.2. The second-order valence-electron chi connectivity index (χ2n) is 3.13. The van der Waals surface area contributed by atoms with Crippen molar-refractivity contribution in [2.75, 3.05) is 0 Å². The zero-order valence-electron chi connectivity index (χ0n) is 7.76. The maximum Gasteiger partial charge on any atom is 0.127 e. The van der Waals surface area contributed by atoms with Gasteiger partial charge in [-0.1, -0.05) is 38.0 Å². The molecule has 1 unspecified atom stereocenters. The van der Waals surface area contributed by atoms with Crippen molar-refractivity contribution < 1.29 is 4.39 Å². The first-order valence-electron chi connectivity index (χ1n) is 4.64. The SMILES string of the molecule is CCCCC(Cl)c1ccccc1F. The van der Waals surface area contributed by atoms with Gasteiger partial charge in [0, 0.05) is 5.56 Å². The van der Waals surface area contributed by atoms with Crippen LogP contribution < -0.4 is 0 Å². The molecular weight excluding hydrogens is 187 g/mol. The number of unbranched alkanes of at least 4 members (excludes halogenated alkanes) is 1. The first-order chi connectivity index (χ1) is 6.25. The molecule has 0 spiro atoms. The minimum atomic E-state index is -0.196. The standard InChI is InChI=1S/C11H14ClF/c1-2-3-7-10(12)9-6-4-5-8-11(9)13/h4-6,8,10H,2-3,7H2,1H3. The molecule has 0 amide bonds. The van der Waals surface area contributed by atoms with E-state index < -0.39 is 0 Å². The quantitative estimate of drug-likeness (QED) is 0.636. The second-order valence-corrected chi connectivity index (χ2v) is 3.66. The van der Waals surface area contributed by atoms with Crippen LogP contribution in [-0.2, 0) is 0 Å². The second kappa shape index (κ2) is 5.23. The van der Waals surface area contributed by atoms with E-state index in [4.69, 9.17) is 11.6 Å². The number of hydrogen-bond acceptors (Lipinski definition) is 0. The Labute approximate surface area is 83.7 Å². The van der Waals surface area contributed by atoms with Gasteiger partial charge in [-0.15, -0.1) is 11.6 Å². The molecular formula is C11H14ClF. The van der Waals surface area contributed by atoms with Crippen LogP contribution in [0.1, 0.15) is 37.1 Å². The van der Waals surface area contributed by atoms with Crippen molar-refractivity contribution in [3.63, 3.8) is 0 Å². The number of alkyl halides is 1. The summed E-state index contributed by atoms with van der Waals surface area (Å²) in [5, 5.41) is -0.179. The molecule has 2 heteroatoms. The highest BCUT2D eigenvalue weighted by Gasteiger charge is 2.10. The Hall–Kier alpha value is -0.560. The van der Waals surface area contributed by atoms with Crippen LogP contribution >= 0.6 is 11.6 Å². The van der Waals surface area contributed by atoms with Crippen LogP contribution in [0.4, 0.5) is 4.39 Å². The number of halogens is 2. The van der Waals surface area contributed by atoms with Crippen LogP contribution in [-0.4, -0.2) is 0 Å². The summed E-state index contributed by atoms with van der Waals surface area (Å²) in [6, 6.07) is 6.71. The normalized spacial score (nSPS) is 12.8. The fourth-order valence-electron chi connectivity index (χ4n) is 1.27. The molecule has 1 atom stereocenters. The maximum absolute atomic E-state index is 13.2. The van der Waals surface area contributed by atoms with Gasteiger partial charge >= 0.3 is 0 Å². The molecule has 0 aliphatic heterocycles. The third kappa shape index (κ3) is 3.00. The average Bonchev–Trinajstić information content (AvgIpc) is 2.15. The lowest BCUT2D eigenvalue weighted by molar-refractivity contribution is 0.593. The van der Waals surface area contributed by atoms with Crippen molar-refractivity contribution in [1.29, 1.82) is 0 Å². The molecule has 0 bridgehead atoms. The van der Waals surface area contributed by atoms with E-state index in [1.807, 2.05) is 6.07 Å². The summed E-state index contributed by atoms with van der Waals surface area (Å²) in [5.41, 5.74) is 0.623. The zero-order chi connectivity index (χ0) is 9.68. The summed E-state index contributed by atoms with van der Waals surface area (Å²) in [6.45, 7) is 2.10. The molecule has 13 heavy (non-hydrogen) atoms. The summed E-state index contributed by atoms with van der Waals surface area (Å²) < 4.78 is 13.2. The van der Waals surface area contributed by atoms with E-state index in [0.29, 0.717) is 5.56 Å². The van der Waals surface area contributed by atoms with Crippen molar-refractivity contribution in [3.05, 3.63) is 35.6 Å². The van der Waals surface area contributed by atoms with Gasteiger partial charge in [0.05, 0.1) is 5.38 Å². The number of benzene rings is 1. The number of hydrogen-bond donors (Lipinski definition) is 0. The van der Waals surface area contributed by atoms with Gasteiger partial charge < -0.3 is 0 Å². The van der Waals surface area contributed by atoms with E-state index in [1.54, 1.807) is 12.1 Å². The minimum Gasteiger partial charge on any atom is -0.207 e. The van der Waals surface area contributed by atoms with Crippen molar-refractivity contribution in [3.8, 4) is 0 Å². The van der Waals surface area contributed by atoms with E-state index in [2.05, 4.69) is 6.92 Å². The smallest absolute Gasteiger partial charge is 0.127 e. The van der Waals surface area contributed by atoms with Crippen LogP contribution in [0, 0.1) is 5.82 Å². The Morgan fingerprint density at radius 3 is 2.69 bits per heavy atom. The lowest BCUT2D eigenvalue weighted by Crippen LogP contribution is -1.94. The first-order valence-corrected chi connectivity index (χ1v) is 5.08. The highest BCUT2D eigenvalue weighted by atomic mass is 35.5. The molecule has 0 saturated carbocycles. The van der Waals surface area contributed by atoms with Crippen molar-refractivity contribution in [1.82, 2.24) is 0 Å². The summed E-state index contributed by atoms with van der Waals surface area (Å²) >= 11 is 6.05. The fraction of sp³-hybridized carbons (Fsp3) is 0.455. The molecule has 0 aliphatic carbocycles. The summed E-state index contributed by atoms with van der Waals surface area (Å²) in [6.07, 6.45) is 2.99. The van der Waals surface area contributed by atoms with Crippen LogP contribution in [0.3, 0.4) is 0 Å². The topological polar surface area (TPSA) is 0 Å². The molecule has 0 fully saturated rings. The third-order valence-electron chi connectivity index (χ3n) is 2.05. The monoisotopic (exact) mass is 200 g/mol. The highest BCUT2D eigenvalue weighted by Crippen LogP contribution is 2.27. The summed E-state index contributed by atoms with van der Waals surface area (Å²) in [7, 11) is 0. The highest BCUT2D eigenvalue weighted by molar-refractivity contribution is 6.20. The van der Waals surface area contributed by atoms with Gasteiger partial charge in [-0.05, 0) is 12.5 Å². The Kier molecular flexibility index (Phi) is 4.23. The van der Waals surface area contributed by atoms with Crippen LogP contribution in [0.25, 0.3) is 0 Å². The van der Waals surface area contributed by atoms with Crippen LogP contribution in [0.15, 0.2) is 24.3 Å². The molecule has 0 heterocycles. The van der Waals surface area contributed by atoms with E-state index in [-0.39, 0.29) is 11.2 Å². The summed E-state index contributed by atoms with van der Waals surface area (Å²) in [5.74, 6) is -0.196.